The van der Waals surface area contributed by atoms with Gasteiger partial charge in [-0.2, -0.15) is 4.98 Å². The Kier molecular flexibility index (Phi) is 4.63. The Morgan fingerprint density at radius 3 is 2.70 bits per heavy atom. The lowest BCUT2D eigenvalue weighted by Crippen LogP contribution is -2.15. The van der Waals surface area contributed by atoms with Crippen molar-refractivity contribution < 1.29 is 5.11 Å². The molecule has 2 aromatic rings. The lowest BCUT2D eigenvalue weighted by molar-refractivity contribution is 0.437. The van der Waals surface area contributed by atoms with Crippen molar-refractivity contribution in [3.63, 3.8) is 0 Å². The van der Waals surface area contributed by atoms with Gasteiger partial charge in [-0.3, -0.25) is 4.79 Å². The third-order valence-corrected chi connectivity index (χ3v) is 3.75. The van der Waals surface area contributed by atoms with Crippen molar-refractivity contribution >= 4 is 11.8 Å². The van der Waals surface area contributed by atoms with Gasteiger partial charge in [0.1, 0.15) is 0 Å². The molecule has 0 saturated heterocycles. The van der Waals surface area contributed by atoms with Gasteiger partial charge in [0.15, 0.2) is 5.16 Å². The first kappa shape index (κ1) is 14.4. The van der Waals surface area contributed by atoms with E-state index in [0.29, 0.717) is 17.3 Å². The van der Waals surface area contributed by atoms with Crippen molar-refractivity contribution in [2.45, 2.75) is 18.5 Å². The smallest absolute Gasteiger partial charge is 0.258 e. The van der Waals surface area contributed by atoms with E-state index in [-0.39, 0.29) is 17.0 Å². The molecule has 0 aliphatic heterocycles. The number of rotatable bonds is 5. The Morgan fingerprint density at radius 2 is 2.10 bits per heavy atom. The molecule has 0 aliphatic carbocycles. The predicted octanol–water partition coefficient (Wildman–Crippen LogP) is 2.73. The second-order valence-corrected chi connectivity index (χ2v) is 5.55. The molecule has 0 amide bonds. The lowest BCUT2D eigenvalue weighted by Gasteiger charge is -2.06. The Bertz CT molecular complexity index is 665. The number of nitrogens with one attached hydrogen (secondary N) is 1. The van der Waals surface area contributed by atoms with Crippen LogP contribution in [-0.4, -0.2) is 20.8 Å². The van der Waals surface area contributed by atoms with E-state index in [9.17, 15) is 9.90 Å². The van der Waals surface area contributed by atoms with E-state index in [2.05, 4.69) is 16.5 Å². The second-order valence-electron chi connectivity index (χ2n) is 4.58. The van der Waals surface area contributed by atoms with Crippen LogP contribution in [0.2, 0.25) is 0 Å². The first-order valence-electron chi connectivity index (χ1n) is 6.19. The number of thioether (sulfide) groups is 1. The van der Waals surface area contributed by atoms with Gasteiger partial charge in [-0.15, -0.1) is 0 Å². The zero-order valence-electron chi connectivity index (χ0n) is 11.2. The molecule has 0 saturated carbocycles. The topological polar surface area (TPSA) is 66.0 Å². The Hall–Kier alpha value is -2.01. The zero-order valence-corrected chi connectivity index (χ0v) is 12.0. The molecule has 5 heteroatoms. The highest BCUT2D eigenvalue weighted by atomic mass is 32.2. The zero-order chi connectivity index (χ0) is 14.5. The maximum Gasteiger partial charge on any atom is 0.258 e. The summed E-state index contributed by atoms with van der Waals surface area (Å²) in [6.45, 7) is 5.68. The van der Waals surface area contributed by atoms with Crippen LogP contribution in [0.25, 0.3) is 0 Å². The summed E-state index contributed by atoms with van der Waals surface area (Å²) in [4.78, 5) is 18.7. The summed E-state index contributed by atoms with van der Waals surface area (Å²) in [5.41, 5.74) is 1.92. The van der Waals surface area contributed by atoms with Crippen molar-refractivity contribution in [2.75, 3.05) is 5.75 Å². The molecule has 0 unspecified atom stereocenters. The summed E-state index contributed by atoms with van der Waals surface area (Å²) in [6, 6.07) is 9.50. The molecule has 2 rings (SSSR count). The highest BCUT2D eigenvalue weighted by molar-refractivity contribution is 7.99. The van der Waals surface area contributed by atoms with E-state index in [1.165, 1.54) is 11.8 Å². The van der Waals surface area contributed by atoms with Crippen LogP contribution in [0, 0.1) is 0 Å². The van der Waals surface area contributed by atoms with Crippen molar-refractivity contribution in [3.8, 4) is 5.88 Å². The van der Waals surface area contributed by atoms with Crippen molar-refractivity contribution in [2.24, 2.45) is 0 Å². The van der Waals surface area contributed by atoms with E-state index < -0.39 is 0 Å². The van der Waals surface area contributed by atoms with Crippen LogP contribution in [-0.2, 0) is 6.42 Å². The number of aromatic amines is 1. The van der Waals surface area contributed by atoms with Gasteiger partial charge in [0.2, 0.25) is 5.88 Å². The van der Waals surface area contributed by atoms with Crippen LogP contribution in [0.4, 0.5) is 0 Å². The summed E-state index contributed by atoms with van der Waals surface area (Å²) in [7, 11) is 0. The van der Waals surface area contributed by atoms with Crippen LogP contribution < -0.4 is 5.56 Å². The lowest BCUT2D eigenvalue weighted by atomic mass is 10.1. The molecule has 104 valence electrons. The Balaban J connectivity index is 2.23. The van der Waals surface area contributed by atoms with Gasteiger partial charge in [-0.1, -0.05) is 54.2 Å². The van der Waals surface area contributed by atoms with Gasteiger partial charge in [0.05, 0.1) is 5.56 Å². The van der Waals surface area contributed by atoms with Crippen LogP contribution in [0.15, 0.2) is 52.4 Å². The minimum absolute atomic E-state index is 0.207. The number of hydrogen-bond donors (Lipinski definition) is 2. The van der Waals surface area contributed by atoms with Crippen molar-refractivity contribution in [3.05, 3.63) is 64.0 Å². The number of H-pyrrole nitrogens is 1. The summed E-state index contributed by atoms with van der Waals surface area (Å²) in [6.07, 6.45) is 0.362. The molecule has 1 heterocycles. The minimum Gasteiger partial charge on any atom is -0.493 e. The van der Waals surface area contributed by atoms with Crippen LogP contribution >= 0.6 is 11.8 Å². The van der Waals surface area contributed by atoms with Gasteiger partial charge in [-0.25, -0.2) is 0 Å². The van der Waals surface area contributed by atoms with Gasteiger partial charge < -0.3 is 10.1 Å². The highest BCUT2D eigenvalue weighted by Gasteiger charge is 2.11. The molecule has 20 heavy (non-hydrogen) atoms. The van der Waals surface area contributed by atoms with Gasteiger partial charge >= 0.3 is 0 Å². The van der Waals surface area contributed by atoms with E-state index in [1.54, 1.807) is 0 Å². The van der Waals surface area contributed by atoms with E-state index in [4.69, 9.17) is 0 Å². The SMILES string of the molecule is C=C(C)CSc1nc(O)c(Cc2ccccc2)c(=O)[nH]1. The molecule has 0 radical (unpaired) electrons. The Morgan fingerprint density at radius 1 is 1.40 bits per heavy atom. The maximum absolute atomic E-state index is 12.0. The fourth-order valence-electron chi connectivity index (χ4n) is 1.68. The molecule has 1 aromatic heterocycles. The van der Waals surface area contributed by atoms with E-state index >= 15 is 0 Å². The molecule has 0 bridgehead atoms. The molecular formula is C15H16N2O2S. The fourth-order valence-corrected chi connectivity index (χ4v) is 2.38. The summed E-state index contributed by atoms with van der Waals surface area (Å²) in [5, 5.41) is 10.3. The summed E-state index contributed by atoms with van der Waals surface area (Å²) >= 11 is 1.35. The molecule has 2 N–H and O–H groups in total. The minimum atomic E-state index is -0.300. The first-order valence-corrected chi connectivity index (χ1v) is 7.18. The van der Waals surface area contributed by atoms with E-state index in [0.717, 1.165) is 11.1 Å². The molecule has 4 nitrogen and oxygen atoms in total. The maximum atomic E-state index is 12.0. The number of aromatic hydroxyl groups is 1. The number of aromatic nitrogens is 2. The average molecular weight is 288 g/mol. The van der Waals surface area contributed by atoms with Crippen LogP contribution in [0.1, 0.15) is 18.1 Å². The largest absolute Gasteiger partial charge is 0.493 e. The van der Waals surface area contributed by atoms with Crippen LogP contribution in [0.5, 0.6) is 5.88 Å². The van der Waals surface area contributed by atoms with Crippen molar-refractivity contribution in [1.82, 2.24) is 9.97 Å². The quantitative estimate of drug-likeness (QED) is 0.504. The molecule has 0 spiro atoms. The Labute approximate surface area is 121 Å². The standard InChI is InChI=1S/C15H16N2O2S/c1-10(2)9-20-15-16-13(18)12(14(19)17-15)8-11-6-4-3-5-7-11/h3-7H,1,8-9H2,2H3,(H2,16,17,18,19). The third kappa shape index (κ3) is 3.74. The van der Waals surface area contributed by atoms with Gasteiger partial charge in [0, 0.05) is 12.2 Å². The molecule has 0 fully saturated rings. The monoisotopic (exact) mass is 288 g/mol. The molecule has 0 atom stereocenters. The second kappa shape index (κ2) is 6.43. The van der Waals surface area contributed by atoms with E-state index in [1.807, 2.05) is 37.3 Å². The molecule has 0 aliphatic rings. The molecule has 1 aromatic carbocycles. The summed E-state index contributed by atoms with van der Waals surface area (Å²) < 4.78 is 0. The third-order valence-electron chi connectivity index (χ3n) is 2.65. The number of hydrogen-bond acceptors (Lipinski definition) is 4. The number of nitrogens with zero attached hydrogens (tertiary/aromatic N) is 1. The van der Waals surface area contributed by atoms with Gasteiger partial charge in [-0.05, 0) is 12.5 Å². The van der Waals surface area contributed by atoms with Crippen LogP contribution in [0.3, 0.4) is 0 Å². The predicted molar refractivity (Wildman–Crippen MR) is 81.3 cm³/mol. The number of benzene rings is 1. The highest BCUT2D eigenvalue weighted by Crippen LogP contribution is 2.19. The normalized spacial score (nSPS) is 10.4. The summed E-state index contributed by atoms with van der Waals surface area (Å²) in [5.74, 6) is 0.447. The van der Waals surface area contributed by atoms with Crippen molar-refractivity contribution in [1.29, 1.82) is 0 Å². The molecular weight excluding hydrogens is 272 g/mol. The average Bonchev–Trinajstić information content (AvgIpc) is 2.42. The first-order chi connectivity index (χ1) is 9.56. The fraction of sp³-hybridized carbons (Fsp3) is 0.200. The van der Waals surface area contributed by atoms with Gasteiger partial charge in [0.25, 0.3) is 5.56 Å².